The molecule has 0 rings (SSSR count). The van der Waals surface area contributed by atoms with Crippen LogP contribution in [-0.2, 0) is 4.79 Å². The molecule has 0 saturated heterocycles. The fraction of sp³-hybridized carbons (Fsp3) is 0.778. The molecular formula is C9H16N2O. The third kappa shape index (κ3) is 4.73. The number of carbonyl (C=O) groups excluding carboxylic acids is 1. The molecule has 3 heteroatoms. The minimum Gasteiger partial charge on any atom is -0.352 e. The van der Waals surface area contributed by atoms with E-state index in [0.29, 0.717) is 12.8 Å². The number of rotatable bonds is 5. The number of nitriles is 1. The molecule has 0 aliphatic heterocycles. The second kappa shape index (κ2) is 6.66. The Labute approximate surface area is 73.8 Å². The van der Waals surface area contributed by atoms with Gasteiger partial charge in [-0.1, -0.05) is 13.8 Å². The van der Waals surface area contributed by atoms with Gasteiger partial charge in [0.05, 0.1) is 12.5 Å². The quantitative estimate of drug-likeness (QED) is 0.677. The third-order valence-corrected chi connectivity index (χ3v) is 1.67. The fourth-order valence-corrected chi connectivity index (χ4v) is 0.935. The van der Waals surface area contributed by atoms with E-state index in [4.69, 9.17) is 5.26 Å². The molecule has 0 radical (unpaired) electrons. The lowest BCUT2D eigenvalue weighted by Gasteiger charge is -2.12. The molecule has 0 aliphatic carbocycles. The van der Waals surface area contributed by atoms with E-state index in [1.54, 1.807) is 0 Å². The Morgan fingerprint density at radius 2 is 2.25 bits per heavy atom. The van der Waals surface area contributed by atoms with Crippen LogP contribution in [0.1, 0.15) is 39.5 Å². The first-order chi connectivity index (χ1) is 5.74. The van der Waals surface area contributed by atoms with Crippen LogP contribution in [0.15, 0.2) is 0 Å². The second-order valence-electron chi connectivity index (χ2n) is 2.78. The third-order valence-electron chi connectivity index (χ3n) is 1.67. The van der Waals surface area contributed by atoms with Crippen LogP contribution in [0, 0.1) is 11.3 Å². The Kier molecular flexibility index (Phi) is 6.08. The summed E-state index contributed by atoms with van der Waals surface area (Å²) in [7, 11) is 0. The van der Waals surface area contributed by atoms with Crippen molar-refractivity contribution in [2.75, 3.05) is 0 Å². The van der Waals surface area contributed by atoms with Gasteiger partial charge >= 0.3 is 0 Å². The Balaban J connectivity index is 3.70. The monoisotopic (exact) mass is 168 g/mol. The van der Waals surface area contributed by atoms with E-state index in [1.807, 2.05) is 13.8 Å². The molecule has 1 N–H and O–H groups in total. The van der Waals surface area contributed by atoms with Crippen molar-refractivity contribution in [2.45, 2.75) is 45.6 Å². The summed E-state index contributed by atoms with van der Waals surface area (Å²) in [6.45, 7) is 3.93. The van der Waals surface area contributed by atoms with Crippen LogP contribution in [0.3, 0.4) is 0 Å². The Morgan fingerprint density at radius 3 is 2.67 bits per heavy atom. The van der Waals surface area contributed by atoms with Gasteiger partial charge in [0, 0.05) is 12.5 Å². The lowest BCUT2D eigenvalue weighted by atomic mass is 10.1. The molecule has 0 spiro atoms. The Hall–Kier alpha value is -1.04. The molecule has 0 bridgehead atoms. The summed E-state index contributed by atoms with van der Waals surface area (Å²) in [6.07, 6.45) is 2.64. The van der Waals surface area contributed by atoms with Crippen molar-refractivity contribution >= 4 is 5.91 Å². The number of hydrogen-bond donors (Lipinski definition) is 1. The molecule has 1 amide bonds. The van der Waals surface area contributed by atoms with Crippen molar-refractivity contribution in [1.29, 1.82) is 5.26 Å². The van der Waals surface area contributed by atoms with Gasteiger partial charge in [0.2, 0.25) is 5.91 Å². The second-order valence-corrected chi connectivity index (χ2v) is 2.78. The number of hydrogen-bond acceptors (Lipinski definition) is 2. The largest absolute Gasteiger partial charge is 0.352 e. The Bertz CT molecular complexity index is 172. The maximum Gasteiger partial charge on any atom is 0.220 e. The molecule has 0 fully saturated rings. The van der Waals surface area contributed by atoms with Crippen molar-refractivity contribution in [2.24, 2.45) is 0 Å². The molecule has 1 atom stereocenters. The molecule has 1 unspecified atom stereocenters. The van der Waals surface area contributed by atoms with E-state index in [2.05, 4.69) is 11.4 Å². The highest BCUT2D eigenvalue weighted by Crippen LogP contribution is 1.97. The van der Waals surface area contributed by atoms with E-state index in [9.17, 15) is 4.79 Å². The van der Waals surface area contributed by atoms with Gasteiger partial charge in [0.25, 0.3) is 0 Å². The highest BCUT2D eigenvalue weighted by atomic mass is 16.1. The first-order valence-corrected chi connectivity index (χ1v) is 4.40. The molecule has 0 aromatic rings. The van der Waals surface area contributed by atoms with Gasteiger partial charge < -0.3 is 5.32 Å². The molecule has 0 aromatic heterocycles. The van der Waals surface area contributed by atoms with E-state index < -0.39 is 0 Å². The van der Waals surface area contributed by atoms with Crippen molar-refractivity contribution < 1.29 is 4.79 Å². The van der Waals surface area contributed by atoms with Gasteiger partial charge in [0.15, 0.2) is 0 Å². The standard InChI is InChI=1S/C9H16N2O/c1-3-5-9(12)11-8(4-2)6-7-10/h8H,3-6H2,1-2H3,(H,11,12). The molecule has 0 saturated carbocycles. The van der Waals surface area contributed by atoms with Gasteiger partial charge in [0.1, 0.15) is 0 Å². The predicted octanol–water partition coefficient (Wildman–Crippen LogP) is 1.59. The van der Waals surface area contributed by atoms with Gasteiger partial charge in [-0.2, -0.15) is 5.26 Å². The first-order valence-electron chi connectivity index (χ1n) is 4.40. The van der Waals surface area contributed by atoms with Crippen LogP contribution in [-0.4, -0.2) is 11.9 Å². The van der Waals surface area contributed by atoms with Crippen LogP contribution in [0.2, 0.25) is 0 Å². The summed E-state index contributed by atoms with van der Waals surface area (Å²) in [5, 5.41) is 11.2. The van der Waals surface area contributed by atoms with E-state index in [1.165, 1.54) is 0 Å². The predicted molar refractivity (Wildman–Crippen MR) is 47.4 cm³/mol. The van der Waals surface area contributed by atoms with Crippen LogP contribution in [0.25, 0.3) is 0 Å². The highest BCUT2D eigenvalue weighted by molar-refractivity contribution is 5.76. The number of amides is 1. The lowest BCUT2D eigenvalue weighted by molar-refractivity contribution is -0.121. The maximum absolute atomic E-state index is 11.1. The van der Waals surface area contributed by atoms with Crippen LogP contribution in [0.5, 0.6) is 0 Å². The Morgan fingerprint density at radius 1 is 1.58 bits per heavy atom. The fourth-order valence-electron chi connectivity index (χ4n) is 0.935. The lowest BCUT2D eigenvalue weighted by Crippen LogP contribution is -2.33. The zero-order chi connectivity index (χ0) is 9.40. The number of carbonyl (C=O) groups is 1. The number of nitrogens with zero attached hydrogens (tertiary/aromatic N) is 1. The molecule has 3 nitrogen and oxygen atoms in total. The number of nitrogens with one attached hydrogen (secondary N) is 1. The van der Waals surface area contributed by atoms with Gasteiger partial charge in [-0.3, -0.25) is 4.79 Å². The SMILES string of the molecule is CCCC(=O)NC(CC)CC#N. The van der Waals surface area contributed by atoms with Crippen molar-refractivity contribution in [3.05, 3.63) is 0 Å². The summed E-state index contributed by atoms with van der Waals surface area (Å²) >= 11 is 0. The normalized spacial score (nSPS) is 11.8. The van der Waals surface area contributed by atoms with E-state index >= 15 is 0 Å². The molecule has 68 valence electrons. The zero-order valence-corrected chi connectivity index (χ0v) is 7.76. The minimum absolute atomic E-state index is 0.0362. The average molecular weight is 168 g/mol. The van der Waals surface area contributed by atoms with Crippen LogP contribution >= 0.6 is 0 Å². The summed E-state index contributed by atoms with van der Waals surface area (Å²) in [5.74, 6) is 0.0552. The maximum atomic E-state index is 11.1. The van der Waals surface area contributed by atoms with Crippen molar-refractivity contribution in [1.82, 2.24) is 5.32 Å². The zero-order valence-electron chi connectivity index (χ0n) is 7.76. The molecule has 0 heterocycles. The molecule has 0 aliphatic rings. The van der Waals surface area contributed by atoms with Crippen LogP contribution < -0.4 is 5.32 Å². The van der Waals surface area contributed by atoms with E-state index in [-0.39, 0.29) is 11.9 Å². The molecule has 0 aromatic carbocycles. The summed E-state index contributed by atoms with van der Waals surface area (Å²) in [5.41, 5.74) is 0. The van der Waals surface area contributed by atoms with Gasteiger partial charge in [-0.05, 0) is 12.8 Å². The smallest absolute Gasteiger partial charge is 0.220 e. The van der Waals surface area contributed by atoms with E-state index in [0.717, 1.165) is 12.8 Å². The summed E-state index contributed by atoms with van der Waals surface area (Å²) < 4.78 is 0. The molecule has 12 heavy (non-hydrogen) atoms. The average Bonchev–Trinajstić information content (AvgIpc) is 2.04. The van der Waals surface area contributed by atoms with Gasteiger partial charge in [-0.25, -0.2) is 0 Å². The van der Waals surface area contributed by atoms with Crippen molar-refractivity contribution in [3.63, 3.8) is 0 Å². The molecular weight excluding hydrogens is 152 g/mol. The highest BCUT2D eigenvalue weighted by Gasteiger charge is 2.07. The first kappa shape index (κ1) is 11.0. The van der Waals surface area contributed by atoms with Gasteiger partial charge in [-0.15, -0.1) is 0 Å². The van der Waals surface area contributed by atoms with Crippen LogP contribution in [0.4, 0.5) is 0 Å². The minimum atomic E-state index is 0.0362. The topological polar surface area (TPSA) is 52.9 Å². The summed E-state index contributed by atoms with van der Waals surface area (Å²) in [6, 6.07) is 2.09. The summed E-state index contributed by atoms with van der Waals surface area (Å²) in [4.78, 5) is 11.1. The van der Waals surface area contributed by atoms with Crippen molar-refractivity contribution in [3.8, 4) is 6.07 Å².